The predicted octanol–water partition coefficient (Wildman–Crippen LogP) is 3.02. The van der Waals surface area contributed by atoms with Crippen molar-refractivity contribution in [2.75, 3.05) is 19.6 Å². The van der Waals surface area contributed by atoms with Crippen LogP contribution >= 0.6 is 0 Å². The smallest absolute Gasteiger partial charge is 0.194 e. The van der Waals surface area contributed by atoms with Gasteiger partial charge in [-0.2, -0.15) is 0 Å². The minimum atomic E-state index is -0.204. The highest BCUT2D eigenvalue weighted by molar-refractivity contribution is 5.80. The molecule has 2 rings (SSSR count). The number of likely N-dealkylation sites (tertiary alicyclic amines) is 1. The van der Waals surface area contributed by atoms with Crippen molar-refractivity contribution >= 4 is 5.96 Å². The van der Waals surface area contributed by atoms with Crippen LogP contribution in [0, 0.1) is 11.2 Å². The third kappa shape index (κ3) is 3.95. The molecule has 20 heavy (non-hydrogen) atoms. The highest BCUT2D eigenvalue weighted by Gasteiger charge is 2.30. The minimum absolute atomic E-state index is 0.204. The molecule has 1 aliphatic heterocycles. The van der Waals surface area contributed by atoms with Crippen LogP contribution in [0.1, 0.15) is 32.8 Å². The van der Waals surface area contributed by atoms with Gasteiger partial charge in [-0.25, -0.2) is 9.38 Å². The van der Waals surface area contributed by atoms with Crippen LogP contribution in [-0.2, 0) is 6.54 Å². The van der Waals surface area contributed by atoms with Gasteiger partial charge >= 0.3 is 0 Å². The molecule has 0 amide bonds. The third-order valence-corrected chi connectivity index (χ3v) is 3.61. The van der Waals surface area contributed by atoms with Gasteiger partial charge in [-0.15, -0.1) is 0 Å². The van der Waals surface area contributed by atoms with Crippen molar-refractivity contribution < 1.29 is 4.39 Å². The van der Waals surface area contributed by atoms with Gasteiger partial charge in [0.2, 0.25) is 0 Å². The summed E-state index contributed by atoms with van der Waals surface area (Å²) in [5, 5.41) is 3.33. The molecule has 1 aromatic rings. The highest BCUT2D eigenvalue weighted by atomic mass is 19.1. The first-order valence-electron chi connectivity index (χ1n) is 7.28. The van der Waals surface area contributed by atoms with Crippen LogP contribution in [0.15, 0.2) is 29.3 Å². The third-order valence-electron chi connectivity index (χ3n) is 3.61. The summed E-state index contributed by atoms with van der Waals surface area (Å²) in [4.78, 5) is 6.93. The highest BCUT2D eigenvalue weighted by Crippen LogP contribution is 2.28. The van der Waals surface area contributed by atoms with E-state index in [4.69, 9.17) is 0 Å². The van der Waals surface area contributed by atoms with E-state index in [1.165, 1.54) is 12.5 Å². The van der Waals surface area contributed by atoms with E-state index in [-0.39, 0.29) is 5.82 Å². The van der Waals surface area contributed by atoms with Crippen molar-refractivity contribution in [3.63, 3.8) is 0 Å². The Balaban J connectivity index is 2.06. The molecule has 3 nitrogen and oxygen atoms in total. The fourth-order valence-corrected chi connectivity index (χ4v) is 2.52. The SMILES string of the molecule is CCNC(=NCc1cccc(F)c1)N1CCC(C)(C)C1. The Morgan fingerprint density at radius 2 is 2.25 bits per heavy atom. The number of nitrogens with zero attached hydrogens (tertiary/aromatic N) is 2. The van der Waals surface area contributed by atoms with Crippen LogP contribution < -0.4 is 5.32 Å². The Hall–Kier alpha value is -1.58. The molecule has 0 aliphatic carbocycles. The first-order valence-corrected chi connectivity index (χ1v) is 7.28. The van der Waals surface area contributed by atoms with Crippen LogP contribution in [0.3, 0.4) is 0 Å². The fraction of sp³-hybridized carbons (Fsp3) is 0.562. The number of aliphatic imine (C=N–C) groups is 1. The summed E-state index contributed by atoms with van der Waals surface area (Å²) < 4.78 is 13.2. The molecular formula is C16H24FN3. The van der Waals surface area contributed by atoms with Crippen LogP contribution in [-0.4, -0.2) is 30.5 Å². The van der Waals surface area contributed by atoms with Gasteiger partial charge in [0.25, 0.3) is 0 Å². The molecule has 1 saturated heterocycles. The summed E-state index contributed by atoms with van der Waals surface area (Å²) in [5.41, 5.74) is 1.24. The van der Waals surface area contributed by atoms with Gasteiger partial charge in [-0.3, -0.25) is 0 Å². The molecule has 0 aromatic heterocycles. The first-order chi connectivity index (χ1) is 9.50. The maximum atomic E-state index is 13.2. The lowest BCUT2D eigenvalue weighted by Crippen LogP contribution is -2.40. The number of hydrogen-bond donors (Lipinski definition) is 1. The molecule has 0 spiro atoms. The lowest BCUT2D eigenvalue weighted by atomic mass is 9.93. The summed E-state index contributed by atoms with van der Waals surface area (Å²) in [7, 11) is 0. The maximum absolute atomic E-state index is 13.2. The number of halogens is 1. The Labute approximate surface area is 120 Å². The average molecular weight is 277 g/mol. The monoisotopic (exact) mass is 277 g/mol. The van der Waals surface area contributed by atoms with Gasteiger partial charge in [0.1, 0.15) is 5.82 Å². The Morgan fingerprint density at radius 3 is 2.85 bits per heavy atom. The first kappa shape index (κ1) is 14.8. The van der Waals surface area contributed by atoms with Crippen molar-refractivity contribution in [2.45, 2.75) is 33.7 Å². The number of guanidine groups is 1. The number of nitrogens with one attached hydrogen (secondary N) is 1. The summed E-state index contributed by atoms with van der Waals surface area (Å²) in [6, 6.07) is 6.64. The van der Waals surface area contributed by atoms with E-state index in [0.29, 0.717) is 12.0 Å². The van der Waals surface area contributed by atoms with E-state index in [1.807, 2.05) is 6.07 Å². The second-order valence-corrected chi connectivity index (χ2v) is 6.14. The maximum Gasteiger partial charge on any atom is 0.194 e. The largest absolute Gasteiger partial charge is 0.357 e. The topological polar surface area (TPSA) is 27.6 Å². The summed E-state index contributed by atoms with van der Waals surface area (Å²) in [5.74, 6) is 0.729. The molecule has 0 unspecified atom stereocenters. The predicted molar refractivity (Wildman–Crippen MR) is 81.2 cm³/mol. The van der Waals surface area contributed by atoms with Crippen LogP contribution in [0.5, 0.6) is 0 Å². The van der Waals surface area contributed by atoms with E-state index in [0.717, 1.165) is 31.2 Å². The normalized spacial score (nSPS) is 18.4. The van der Waals surface area contributed by atoms with Crippen LogP contribution in [0.25, 0.3) is 0 Å². The molecular weight excluding hydrogens is 253 g/mol. The van der Waals surface area contributed by atoms with Crippen molar-refractivity contribution in [1.29, 1.82) is 0 Å². The van der Waals surface area contributed by atoms with E-state index in [9.17, 15) is 4.39 Å². The quantitative estimate of drug-likeness (QED) is 0.679. The Morgan fingerprint density at radius 1 is 1.45 bits per heavy atom. The second-order valence-electron chi connectivity index (χ2n) is 6.14. The zero-order chi connectivity index (χ0) is 14.6. The van der Waals surface area contributed by atoms with Gasteiger partial charge < -0.3 is 10.2 Å². The molecule has 0 bridgehead atoms. The van der Waals surface area contributed by atoms with Crippen LogP contribution in [0.2, 0.25) is 0 Å². The molecule has 1 aliphatic rings. The van der Waals surface area contributed by atoms with E-state index in [1.54, 1.807) is 12.1 Å². The van der Waals surface area contributed by atoms with Crippen molar-refractivity contribution in [3.05, 3.63) is 35.6 Å². The number of benzene rings is 1. The zero-order valence-electron chi connectivity index (χ0n) is 12.6. The van der Waals surface area contributed by atoms with Gasteiger partial charge in [-0.05, 0) is 36.5 Å². The van der Waals surface area contributed by atoms with Gasteiger partial charge in [-0.1, -0.05) is 26.0 Å². The summed E-state index contributed by atoms with van der Waals surface area (Å²) in [6.07, 6.45) is 1.18. The standard InChI is InChI=1S/C16H24FN3/c1-4-18-15(20-9-8-16(2,3)12-20)19-11-13-6-5-7-14(17)10-13/h5-7,10H,4,8-9,11-12H2,1-3H3,(H,18,19). The molecule has 1 N–H and O–H groups in total. The lowest BCUT2D eigenvalue weighted by molar-refractivity contribution is 0.370. The van der Waals surface area contributed by atoms with Crippen LogP contribution in [0.4, 0.5) is 4.39 Å². The molecule has 0 saturated carbocycles. The fourth-order valence-electron chi connectivity index (χ4n) is 2.52. The lowest BCUT2D eigenvalue weighted by Gasteiger charge is -2.23. The Bertz CT molecular complexity index is 482. The average Bonchev–Trinajstić information content (AvgIpc) is 2.75. The number of hydrogen-bond acceptors (Lipinski definition) is 1. The van der Waals surface area contributed by atoms with Gasteiger partial charge in [0, 0.05) is 19.6 Å². The Kier molecular flexibility index (Phi) is 4.63. The molecule has 1 aromatic carbocycles. The molecule has 110 valence electrons. The zero-order valence-corrected chi connectivity index (χ0v) is 12.6. The van der Waals surface area contributed by atoms with E-state index >= 15 is 0 Å². The van der Waals surface area contributed by atoms with Crippen molar-refractivity contribution in [1.82, 2.24) is 10.2 Å². The molecule has 1 heterocycles. The summed E-state index contributed by atoms with van der Waals surface area (Å²) >= 11 is 0. The molecule has 0 atom stereocenters. The molecule has 1 fully saturated rings. The molecule has 4 heteroatoms. The van der Waals surface area contributed by atoms with Gasteiger partial charge in [0.05, 0.1) is 6.54 Å². The van der Waals surface area contributed by atoms with E-state index < -0.39 is 0 Å². The van der Waals surface area contributed by atoms with Crippen molar-refractivity contribution in [2.24, 2.45) is 10.4 Å². The summed E-state index contributed by atoms with van der Waals surface area (Å²) in [6.45, 7) is 10.0. The second kappa shape index (κ2) is 6.25. The van der Waals surface area contributed by atoms with Gasteiger partial charge in [0.15, 0.2) is 5.96 Å². The minimum Gasteiger partial charge on any atom is -0.357 e. The van der Waals surface area contributed by atoms with Crippen molar-refractivity contribution in [3.8, 4) is 0 Å². The molecule has 0 radical (unpaired) electrons. The number of rotatable bonds is 3. The van der Waals surface area contributed by atoms with E-state index in [2.05, 4.69) is 36.0 Å².